The number of rotatable bonds is 7. The van der Waals surface area contributed by atoms with E-state index in [0.29, 0.717) is 20.9 Å². The predicted molar refractivity (Wildman–Crippen MR) is 124 cm³/mol. The van der Waals surface area contributed by atoms with Crippen molar-refractivity contribution < 1.29 is 14.6 Å². The standard InChI is InChI=1S/C21H26N8O3S/c1-32-29(31)16-8-9-18(33-21(27-22)28(23)15-6-7-15)17(10-16)19(30)26-20-24-11-14(12-25-20)13-4-2-3-5-13/h8-13,15H,2-7,22-23H2,1H3/p+1/b27-21+. The summed E-state index contributed by atoms with van der Waals surface area (Å²) in [5.74, 6) is 11.8. The molecule has 174 valence electrons. The van der Waals surface area contributed by atoms with Gasteiger partial charge in [-0.15, -0.1) is 0 Å². The van der Waals surface area contributed by atoms with Gasteiger partial charge in [-0.2, -0.15) is 5.10 Å². The van der Waals surface area contributed by atoms with Gasteiger partial charge in [-0.1, -0.05) is 12.8 Å². The molecule has 11 nitrogen and oxygen atoms in total. The molecule has 5 N–H and O–H groups in total. The molecule has 2 aliphatic carbocycles. The normalized spacial score (nSPS) is 16.5. The van der Waals surface area contributed by atoms with E-state index in [1.165, 1.54) is 37.1 Å². The van der Waals surface area contributed by atoms with Crippen molar-refractivity contribution in [2.45, 2.75) is 55.4 Å². The maximum atomic E-state index is 13.1. The average Bonchev–Trinajstić information content (AvgIpc) is 3.55. The molecule has 2 fully saturated rings. The zero-order valence-electron chi connectivity index (χ0n) is 18.3. The third kappa shape index (κ3) is 5.40. The van der Waals surface area contributed by atoms with Gasteiger partial charge in [0.05, 0.1) is 10.5 Å². The van der Waals surface area contributed by atoms with E-state index in [9.17, 15) is 9.70 Å². The number of hydrazine groups is 1. The maximum Gasteiger partial charge on any atom is 0.317 e. The summed E-state index contributed by atoms with van der Waals surface area (Å²) in [4.78, 5) is 39.3. The third-order valence-electron chi connectivity index (χ3n) is 5.78. The van der Waals surface area contributed by atoms with Gasteiger partial charge in [0.15, 0.2) is 7.11 Å². The summed E-state index contributed by atoms with van der Waals surface area (Å²) in [7, 11) is 1.25. The number of amides is 1. The molecule has 2 aliphatic rings. The van der Waals surface area contributed by atoms with Crippen molar-refractivity contribution in [3.8, 4) is 0 Å². The molecular formula is C21H27N8O3S+. The number of amidine groups is 1. The van der Waals surface area contributed by atoms with Crippen molar-refractivity contribution in [3.05, 3.63) is 46.6 Å². The molecule has 4 rings (SSSR count). The Bertz CT molecular complexity index is 1050. The highest BCUT2D eigenvalue weighted by Gasteiger charge is 2.31. The maximum absolute atomic E-state index is 13.1. The summed E-state index contributed by atoms with van der Waals surface area (Å²) in [6, 6.07) is 4.75. The molecular weight excluding hydrogens is 444 g/mol. The number of thioether (sulfide) groups is 1. The van der Waals surface area contributed by atoms with Crippen LogP contribution in [-0.2, 0) is 4.84 Å². The molecule has 0 unspecified atom stereocenters. The number of aromatic nitrogens is 2. The van der Waals surface area contributed by atoms with Gasteiger partial charge in [0.1, 0.15) is 0 Å². The number of hydrazone groups is 1. The molecule has 1 aromatic carbocycles. The van der Waals surface area contributed by atoms with Crippen LogP contribution < -0.4 is 17.0 Å². The molecule has 33 heavy (non-hydrogen) atoms. The molecule has 0 radical (unpaired) electrons. The fourth-order valence-corrected chi connectivity index (χ4v) is 4.70. The van der Waals surface area contributed by atoms with E-state index in [4.69, 9.17) is 16.5 Å². The van der Waals surface area contributed by atoms with Crippen LogP contribution in [0.2, 0.25) is 0 Å². The third-order valence-corrected chi connectivity index (χ3v) is 6.86. The van der Waals surface area contributed by atoms with E-state index >= 15 is 0 Å². The first-order valence-electron chi connectivity index (χ1n) is 10.8. The molecule has 0 aliphatic heterocycles. The number of nitrogens with zero attached hydrogens (tertiary/aromatic N) is 5. The smallest absolute Gasteiger partial charge is 0.317 e. The summed E-state index contributed by atoms with van der Waals surface area (Å²) < 4.78 is 0. The summed E-state index contributed by atoms with van der Waals surface area (Å²) in [6.45, 7) is 0. The Balaban J connectivity index is 1.56. The topological polar surface area (TPSA) is 152 Å². The van der Waals surface area contributed by atoms with E-state index < -0.39 is 5.91 Å². The minimum atomic E-state index is -0.483. The van der Waals surface area contributed by atoms with Crippen LogP contribution in [0.3, 0.4) is 0 Å². The minimum Gasteiger partial charge on any atom is -0.321 e. The van der Waals surface area contributed by atoms with E-state index in [1.807, 2.05) is 0 Å². The monoisotopic (exact) mass is 471 g/mol. The number of carbonyl (C=O) groups excluding carboxylic acids is 1. The first kappa shape index (κ1) is 22.9. The first-order valence-corrected chi connectivity index (χ1v) is 11.6. The number of carbonyl (C=O) groups is 1. The lowest BCUT2D eigenvalue weighted by molar-refractivity contribution is -0.736. The van der Waals surface area contributed by atoms with Crippen LogP contribution in [0.5, 0.6) is 0 Å². The van der Waals surface area contributed by atoms with Gasteiger partial charge in [0.2, 0.25) is 11.1 Å². The van der Waals surface area contributed by atoms with E-state index in [1.54, 1.807) is 18.5 Å². The number of nitrogens with one attached hydrogen (secondary N) is 1. The molecule has 0 bridgehead atoms. The van der Waals surface area contributed by atoms with Gasteiger partial charge >= 0.3 is 5.69 Å². The summed E-state index contributed by atoms with van der Waals surface area (Å²) in [5.41, 5.74) is 1.45. The first-order chi connectivity index (χ1) is 16.0. The van der Waals surface area contributed by atoms with Crippen LogP contribution in [0.1, 0.15) is 60.4 Å². The molecule has 1 amide bonds. The number of hydrogen-bond donors (Lipinski definition) is 3. The lowest BCUT2D eigenvalue weighted by atomic mass is 10.0. The van der Waals surface area contributed by atoms with Crippen LogP contribution in [0.4, 0.5) is 11.6 Å². The lowest BCUT2D eigenvalue weighted by Crippen LogP contribution is -2.38. The zero-order valence-corrected chi connectivity index (χ0v) is 19.1. The SMILES string of the molecule is CO[N+](=O)c1ccc(S/C(=N/N)N(N)C2CC2)c(C(=O)Nc2ncc(C3CCCC3)cn2)c1. The lowest BCUT2D eigenvalue weighted by Gasteiger charge is -2.19. The number of nitrogens with two attached hydrogens (primary N) is 2. The van der Waals surface area contributed by atoms with Gasteiger partial charge in [-0.05, 0) is 55.0 Å². The second kappa shape index (κ2) is 10.1. The Labute approximate surface area is 195 Å². The molecule has 0 spiro atoms. The van der Waals surface area contributed by atoms with Crippen molar-refractivity contribution in [1.29, 1.82) is 0 Å². The molecule has 12 heteroatoms. The van der Waals surface area contributed by atoms with Crippen molar-refractivity contribution in [3.63, 3.8) is 0 Å². The Morgan fingerprint density at radius 2 is 1.94 bits per heavy atom. The molecule has 1 aromatic heterocycles. The largest absolute Gasteiger partial charge is 0.321 e. The van der Waals surface area contributed by atoms with E-state index in [-0.39, 0.29) is 23.2 Å². The highest BCUT2D eigenvalue weighted by atomic mass is 32.2. The fourth-order valence-electron chi connectivity index (χ4n) is 3.80. The van der Waals surface area contributed by atoms with Crippen LogP contribution in [-0.4, -0.2) is 44.1 Å². The second-order valence-corrected chi connectivity index (χ2v) is 9.06. The number of hydrogen-bond acceptors (Lipinski definition) is 9. The number of anilines is 1. The second-order valence-electron chi connectivity index (χ2n) is 8.05. The molecule has 0 saturated heterocycles. The van der Waals surface area contributed by atoms with Gasteiger partial charge in [-0.25, -0.2) is 20.6 Å². The zero-order chi connectivity index (χ0) is 23.4. The summed E-state index contributed by atoms with van der Waals surface area (Å²) in [5, 5.41) is 8.34. The summed E-state index contributed by atoms with van der Waals surface area (Å²) >= 11 is 1.14. The molecule has 0 atom stereocenters. The Morgan fingerprint density at radius 3 is 2.55 bits per heavy atom. The van der Waals surface area contributed by atoms with Gasteiger partial charge in [0, 0.05) is 35.5 Å². The Hall–Kier alpha value is -3.25. The Morgan fingerprint density at radius 1 is 1.24 bits per heavy atom. The highest BCUT2D eigenvalue weighted by molar-refractivity contribution is 8.13. The van der Waals surface area contributed by atoms with Crippen molar-refractivity contribution >= 4 is 34.5 Å². The highest BCUT2D eigenvalue weighted by Crippen LogP contribution is 2.34. The van der Waals surface area contributed by atoms with Crippen molar-refractivity contribution in [1.82, 2.24) is 15.0 Å². The van der Waals surface area contributed by atoms with Gasteiger partial charge in [0.25, 0.3) is 10.8 Å². The van der Waals surface area contributed by atoms with Gasteiger partial charge in [-0.3, -0.25) is 15.1 Å². The Kier molecular flexibility index (Phi) is 7.04. The molecule has 2 aromatic rings. The minimum absolute atomic E-state index is 0.155. The van der Waals surface area contributed by atoms with E-state index in [0.717, 1.165) is 43.0 Å². The van der Waals surface area contributed by atoms with Crippen LogP contribution in [0, 0.1) is 4.91 Å². The predicted octanol–water partition coefficient (Wildman–Crippen LogP) is 3.02. The fraction of sp³-hybridized carbons (Fsp3) is 0.429. The van der Waals surface area contributed by atoms with E-state index in [2.05, 4.69) is 20.4 Å². The van der Waals surface area contributed by atoms with Crippen LogP contribution in [0.25, 0.3) is 0 Å². The number of benzene rings is 1. The van der Waals surface area contributed by atoms with Crippen molar-refractivity contribution in [2.24, 2.45) is 16.8 Å². The average molecular weight is 472 g/mol. The van der Waals surface area contributed by atoms with Gasteiger partial charge < -0.3 is 5.84 Å². The molecule has 2 saturated carbocycles. The summed E-state index contributed by atoms with van der Waals surface area (Å²) in [6.07, 6.45) is 10.1. The quantitative estimate of drug-likeness (QED) is 0.182. The molecule has 1 heterocycles. The van der Waals surface area contributed by atoms with Crippen LogP contribution in [0.15, 0.2) is 40.6 Å². The van der Waals surface area contributed by atoms with Crippen LogP contribution >= 0.6 is 11.8 Å². The van der Waals surface area contributed by atoms with Crippen molar-refractivity contribution in [2.75, 3.05) is 12.4 Å².